The summed E-state index contributed by atoms with van der Waals surface area (Å²) >= 11 is 2.19. The van der Waals surface area contributed by atoms with Gasteiger partial charge in [-0.3, -0.25) is 0 Å². The molecule has 0 fully saturated rings. The summed E-state index contributed by atoms with van der Waals surface area (Å²) in [5.41, 5.74) is 0. The van der Waals surface area contributed by atoms with Crippen LogP contribution in [0.5, 0.6) is 0 Å². The lowest BCUT2D eigenvalue weighted by Crippen LogP contribution is -1.86. The van der Waals surface area contributed by atoms with Crippen LogP contribution in [-0.4, -0.2) is 11.2 Å². The maximum Gasteiger partial charge on any atom is 0.0979 e. The Bertz CT molecular complexity index is 19.5. The van der Waals surface area contributed by atoms with E-state index in [0.717, 1.165) is 17.6 Å². The van der Waals surface area contributed by atoms with E-state index in [1.807, 2.05) is 0 Å². The Labute approximate surface area is 52.2 Å². The lowest BCUT2D eigenvalue weighted by Gasteiger charge is -1.90. The Morgan fingerprint density at radius 3 is 2.50 bits per heavy atom. The predicted molar refractivity (Wildman–Crippen MR) is 35.1 cm³/mol. The zero-order chi connectivity index (χ0) is 4.83. The van der Waals surface area contributed by atoms with Gasteiger partial charge in [-0.2, -0.15) is 0 Å². The first-order chi connectivity index (χ1) is 2.91. The lowest BCUT2D eigenvalue weighted by molar-refractivity contribution is 0.191. The quantitative estimate of drug-likeness (QED) is 0.383. The molecule has 0 aliphatic heterocycles. The van der Waals surface area contributed by atoms with Crippen molar-refractivity contribution in [3.63, 3.8) is 0 Å². The number of alkyl halides is 1. The molecule has 0 aliphatic rings. The van der Waals surface area contributed by atoms with Gasteiger partial charge >= 0.3 is 0 Å². The van der Waals surface area contributed by atoms with Gasteiger partial charge < -0.3 is 4.74 Å². The number of ether oxygens (including phenoxy) is 1. The van der Waals surface area contributed by atoms with Crippen LogP contribution in [0.3, 0.4) is 0 Å². The topological polar surface area (TPSA) is 9.23 Å². The number of hydrogen-bond acceptors (Lipinski definition) is 1. The summed E-state index contributed by atoms with van der Waals surface area (Å²) in [6.07, 6.45) is 1.13. The fraction of sp³-hybridized carbons (Fsp3) is 1.00. The first-order valence-electron chi connectivity index (χ1n) is 2.05. The third-order valence-corrected chi connectivity index (χ3v) is 0.866. The zero-order valence-electron chi connectivity index (χ0n) is 3.91. The molecule has 0 aromatic carbocycles. The van der Waals surface area contributed by atoms with Crippen LogP contribution < -0.4 is 0 Å². The average molecular weight is 200 g/mol. The molecule has 0 amide bonds. The second-order valence-corrected chi connectivity index (χ2v) is 1.64. The Balaban J connectivity index is 2.34. The minimum Gasteiger partial charge on any atom is -0.371 e. The maximum atomic E-state index is 4.97. The molecule has 0 saturated carbocycles. The standard InChI is InChI=1S/C4H9IO/c1-2-3-6-4-5/h2-4H2,1H3. The second-order valence-electron chi connectivity index (χ2n) is 1.02. The number of rotatable bonds is 3. The van der Waals surface area contributed by atoms with E-state index in [4.69, 9.17) is 4.74 Å². The SMILES string of the molecule is CCCOCI. The van der Waals surface area contributed by atoms with Gasteiger partial charge in [0.15, 0.2) is 0 Å². The van der Waals surface area contributed by atoms with Crippen molar-refractivity contribution in [1.82, 2.24) is 0 Å². The van der Waals surface area contributed by atoms with Crippen molar-refractivity contribution in [2.75, 3.05) is 11.2 Å². The van der Waals surface area contributed by atoms with Gasteiger partial charge in [-0.15, -0.1) is 0 Å². The van der Waals surface area contributed by atoms with E-state index in [1.165, 1.54) is 0 Å². The summed E-state index contributed by atoms with van der Waals surface area (Å²) in [5.74, 6) is 0. The predicted octanol–water partition coefficient (Wildman–Crippen LogP) is 1.81. The van der Waals surface area contributed by atoms with Crippen LogP contribution in [0.25, 0.3) is 0 Å². The van der Waals surface area contributed by atoms with E-state index in [1.54, 1.807) is 0 Å². The van der Waals surface area contributed by atoms with Crippen molar-refractivity contribution in [3.8, 4) is 0 Å². The van der Waals surface area contributed by atoms with Crippen molar-refractivity contribution in [2.24, 2.45) is 0 Å². The maximum absolute atomic E-state index is 4.97. The van der Waals surface area contributed by atoms with Gasteiger partial charge in [0.2, 0.25) is 0 Å². The van der Waals surface area contributed by atoms with Crippen LogP contribution in [0.1, 0.15) is 13.3 Å². The van der Waals surface area contributed by atoms with Crippen molar-refractivity contribution in [1.29, 1.82) is 0 Å². The molecule has 38 valence electrons. The van der Waals surface area contributed by atoms with Gasteiger partial charge in [-0.1, -0.05) is 29.5 Å². The highest BCUT2D eigenvalue weighted by molar-refractivity contribution is 14.1. The first-order valence-corrected chi connectivity index (χ1v) is 3.58. The largest absolute Gasteiger partial charge is 0.371 e. The van der Waals surface area contributed by atoms with E-state index in [-0.39, 0.29) is 0 Å². The summed E-state index contributed by atoms with van der Waals surface area (Å²) in [6, 6.07) is 0. The summed E-state index contributed by atoms with van der Waals surface area (Å²) in [6.45, 7) is 3.01. The number of halogens is 1. The Morgan fingerprint density at radius 1 is 1.67 bits per heavy atom. The van der Waals surface area contributed by atoms with Gasteiger partial charge in [0.1, 0.15) is 0 Å². The molecular formula is C4H9IO. The van der Waals surface area contributed by atoms with Crippen molar-refractivity contribution in [2.45, 2.75) is 13.3 Å². The molecule has 0 aromatic heterocycles. The molecule has 0 N–H and O–H groups in total. The van der Waals surface area contributed by atoms with Crippen LogP contribution in [0.15, 0.2) is 0 Å². The highest BCUT2D eigenvalue weighted by Crippen LogP contribution is 1.84. The first kappa shape index (κ1) is 6.69. The molecule has 0 unspecified atom stereocenters. The lowest BCUT2D eigenvalue weighted by atomic mass is 10.5. The molecule has 1 nitrogen and oxygen atoms in total. The average Bonchev–Trinajstić information content (AvgIpc) is 1.61. The minimum atomic E-state index is 0.825. The van der Waals surface area contributed by atoms with Crippen LogP contribution in [0.4, 0.5) is 0 Å². The van der Waals surface area contributed by atoms with E-state index in [2.05, 4.69) is 29.5 Å². The molecule has 0 radical (unpaired) electrons. The highest BCUT2D eigenvalue weighted by Gasteiger charge is 1.73. The van der Waals surface area contributed by atoms with Gasteiger partial charge in [0.25, 0.3) is 0 Å². The van der Waals surface area contributed by atoms with Gasteiger partial charge in [-0.05, 0) is 6.42 Å². The van der Waals surface area contributed by atoms with Crippen molar-refractivity contribution in [3.05, 3.63) is 0 Å². The molecule has 0 atom stereocenters. The second kappa shape index (κ2) is 5.69. The van der Waals surface area contributed by atoms with Crippen LogP contribution >= 0.6 is 22.6 Å². The summed E-state index contributed by atoms with van der Waals surface area (Å²) < 4.78 is 5.79. The molecule has 0 aromatic rings. The monoisotopic (exact) mass is 200 g/mol. The van der Waals surface area contributed by atoms with Crippen molar-refractivity contribution >= 4 is 22.6 Å². The summed E-state index contributed by atoms with van der Waals surface area (Å²) in [4.78, 5) is 0. The van der Waals surface area contributed by atoms with Crippen LogP contribution in [0.2, 0.25) is 0 Å². The molecule has 0 spiro atoms. The fourth-order valence-electron chi connectivity index (χ4n) is 0.199. The Morgan fingerprint density at radius 2 is 2.33 bits per heavy atom. The van der Waals surface area contributed by atoms with Crippen LogP contribution in [0, 0.1) is 0 Å². The smallest absolute Gasteiger partial charge is 0.0979 e. The molecule has 0 rings (SSSR count). The molecule has 0 bridgehead atoms. The molecule has 0 saturated heterocycles. The van der Waals surface area contributed by atoms with Gasteiger partial charge in [0, 0.05) is 6.61 Å². The summed E-state index contributed by atoms with van der Waals surface area (Å²) in [5, 5.41) is 0. The fourth-order valence-corrected chi connectivity index (χ4v) is 0.510. The van der Waals surface area contributed by atoms with E-state index < -0.39 is 0 Å². The normalized spacial score (nSPS) is 9.00. The minimum absolute atomic E-state index is 0.825. The Kier molecular flexibility index (Phi) is 6.34. The summed E-state index contributed by atoms with van der Waals surface area (Å²) in [7, 11) is 0. The highest BCUT2D eigenvalue weighted by atomic mass is 127. The van der Waals surface area contributed by atoms with Crippen LogP contribution in [-0.2, 0) is 4.74 Å². The van der Waals surface area contributed by atoms with Gasteiger partial charge in [-0.25, -0.2) is 0 Å². The van der Waals surface area contributed by atoms with Crippen molar-refractivity contribution < 1.29 is 4.74 Å². The van der Waals surface area contributed by atoms with E-state index >= 15 is 0 Å². The molecule has 0 aliphatic carbocycles. The third-order valence-electron chi connectivity index (χ3n) is 0.426. The van der Waals surface area contributed by atoms with E-state index in [0.29, 0.717) is 0 Å². The zero-order valence-corrected chi connectivity index (χ0v) is 6.07. The molecule has 2 heteroatoms. The molecule has 0 heterocycles. The molecular weight excluding hydrogens is 191 g/mol. The Hall–Kier alpha value is 0.690. The number of hydrogen-bond donors (Lipinski definition) is 0. The van der Waals surface area contributed by atoms with E-state index in [9.17, 15) is 0 Å². The molecule has 6 heavy (non-hydrogen) atoms. The van der Waals surface area contributed by atoms with Gasteiger partial charge in [0.05, 0.1) is 4.61 Å². The third kappa shape index (κ3) is 4.69.